The van der Waals surface area contributed by atoms with Crippen molar-refractivity contribution in [2.45, 2.75) is 13.8 Å². The van der Waals surface area contributed by atoms with E-state index in [2.05, 4.69) is 205 Å². The maximum absolute atomic E-state index is 5.43. The van der Waals surface area contributed by atoms with Gasteiger partial charge in [0, 0.05) is 50.0 Å². The summed E-state index contributed by atoms with van der Waals surface area (Å²) >= 11 is 0. The number of aryl methyl sites for hydroxylation is 2. The predicted octanol–water partition coefficient (Wildman–Crippen LogP) is 16.1. The highest BCUT2D eigenvalue weighted by Crippen LogP contribution is 2.45. The van der Waals surface area contributed by atoms with Crippen LogP contribution in [-0.4, -0.2) is 29.1 Å². The number of fused-ring (bicyclic) bond motifs is 6. The quantitative estimate of drug-likeness (QED) is 0.152. The molecule has 13 rings (SSSR count). The van der Waals surface area contributed by atoms with Gasteiger partial charge >= 0.3 is 0 Å². The summed E-state index contributed by atoms with van der Waals surface area (Å²) in [6.45, 7) is 4.26. The zero-order chi connectivity index (χ0) is 46.7. The van der Waals surface area contributed by atoms with E-state index in [1.165, 1.54) is 44.2 Å². The fourth-order valence-corrected chi connectivity index (χ4v) is 10.2. The van der Waals surface area contributed by atoms with Crippen LogP contribution in [0.5, 0.6) is 0 Å². The van der Waals surface area contributed by atoms with Gasteiger partial charge in [-0.1, -0.05) is 181 Å². The second-order valence-electron chi connectivity index (χ2n) is 18.0. The number of aromatic nitrogens is 6. The number of rotatable bonds is 8. The summed E-state index contributed by atoms with van der Waals surface area (Å²) in [6, 6.07) is 79.7. The molecule has 0 saturated heterocycles. The third kappa shape index (κ3) is 6.96. The Morgan fingerprint density at radius 1 is 0.314 bits per heavy atom. The van der Waals surface area contributed by atoms with Gasteiger partial charge in [-0.15, -0.1) is 0 Å². The van der Waals surface area contributed by atoms with Gasteiger partial charge in [-0.05, 0) is 90.7 Å². The summed E-state index contributed by atoms with van der Waals surface area (Å²) in [5.74, 6) is 1.73. The minimum atomic E-state index is 0.550. The van der Waals surface area contributed by atoms with Gasteiger partial charge < -0.3 is 9.13 Å². The van der Waals surface area contributed by atoms with Crippen molar-refractivity contribution in [1.82, 2.24) is 29.1 Å². The highest BCUT2D eigenvalue weighted by atomic mass is 15.0. The third-order valence-electron chi connectivity index (χ3n) is 13.6. The van der Waals surface area contributed by atoms with Crippen molar-refractivity contribution in [2.24, 2.45) is 0 Å². The Balaban J connectivity index is 1.12. The molecule has 9 aromatic carbocycles. The molecule has 0 radical (unpaired) electrons. The summed E-state index contributed by atoms with van der Waals surface area (Å²) < 4.78 is 4.78. The Labute approximate surface area is 405 Å². The monoisotopic (exact) mass is 896 g/mol. The fourth-order valence-electron chi connectivity index (χ4n) is 10.2. The molecule has 4 heterocycles. The van der Waals surface area contributed by atoms with E-state index in [1.807, 2.05) is 48.7 Å². The minimum absolute atomic E-state index is 0.550. The summed E-state index contributed by atoms with van der Waals surface area (Å²) in [7, 11) is 0. The molecule has 0 spiro atoms. The van der Waals surface area contributed by atoms with Crippen molar-refractivity contribution < 1.29 is 0 Å². The summed E-state index contributed by atoms with van der Waals surface area (Å²) in [6.07, 6.45) is 1.90. The lowest BCUT2D eigenvalue weighted by Crippen LogP contribution is -2.06. The highest BCUT2D eigenvalue weighted by Gasteiger charge is 2.26. The molecule has 0 unspecified atom stereocenters. The van der Waals surface area contributed by atoms with Crippen LogP contribution in [0, 0.1) is 13.8 Å². The zero-order valence-corrected chi connectivity index (χ0v) is 38.6. The SMILES string of the molecule is Cc1ccc(-c2ccc3c(c2)c2ccccc2n3-c2cccnc2-c2c(-c3nc(-c4ccccc4)nc(-c4ccccc4)n3)cccc2-n2c3ccccc3c3cc(-c4ccc(C)cc4)ccc32)cc1. The van der Waals surface area contributed by atoms with Crippen LogP contribution in [0.25, 0.3) is 123 Å². The molecular formula is C64H44N6. The van der Waals surface area contributed by atoms with E-state index in [0.717, 1.165) is 72.2 Å². The van der Waals surface area contributed by atoms with Crippen LogP contribution < -0.4 is 0 Å². The van der Waals surface area contributed by atoms with Gasteiger partial charge in [0.15, 0.2) is 17.5 Å². The molecule has 0 aliphatic heterocycles. The average Bonchev–Trinajstić information content (AvgIpc) is 3.93. The van der Waals surface area contributed by atoms with Crippen molar-refractivity contribution >= 4 is 43.6 Å². The minimum Gasteiger partial charge on any atom is -0.309 e. The number of hydrogen-bond donors (Lipinski definition) is 0. The molecule has 4 aromatic heterocycles. The van der Waals surface area contributed by atoms with Crippen LogP contribution in [0.4, 0.5) is 0 Å². The number of benzene rings is 9. The first kappa shape index (κ1) is 41.0. The van der Waals surface area contributed by atoms with Gasteiger partial charge in [0.05, 0.1) is 39.1 Å². The van der Waals surface area contributed by atoms with E-state index < -0.39 is 0 Å². The van der Waals surface area contributed by atoms with Gasteiger partial charge in [-0.2, -0.15) is 0 Å². The molecule has 0 N–H and O–H groups in total. The van der Waals surface area contributed by atoms with Crippen LogP contribution in [-0.2, 0) is 0 Å². The number of hydrogen-bond acceptors (Lipinski definition) is 4. The molecule has 0 atom stereocenters. The van der Waals surface area contributed by atoms with E-state index in [4.69, 9.17) is 19.9 Å². The standard InChI is InChI=1S/C64H44N6/c1-41-26-30-43(31-27-41)47-34-36-56-52(39-47)49-19-9-11-22-54(49)69(56)58-24-13-21-51(64-67-62(45-15-5-3-6-16-45)66-63(68-64)46-17-7-4-8-18-46)60(58)61-59(25-14-38-65-61)70-55-23-12-10-20-50(55)53-40-48(35-37-57(53)70)44-32-28-42(2)29-33-44/h3-40H,1-2H3. The molecule has 0 amide bonds. The summed E-state index contributed by atoms with van der Waals surface area (Å²) in [4.78, 5) is 21.2. The maximum atomic E-state index is 5.43. The molecule has 0 fully saturated rings. The maximum Gasteiger partial charge on any atom is 0.164 e. The van der Waals surface area contributed by atoms with E-state index in [-0.39, 0.29) is 0 Å². The first-order chi connectivity index (χ1) is 34.5. The van der Waals surface area contributed by atoms with Crippen LogP contribution >= 0.6 is 0 Å². The first-order valence-electron chi connectivity index (χ1n) is 23.7. The van der Waals surface area contributed by atoms with Gasteiger partial charge in [-0.3, -0.25) is 4.98 Å². The molecule has 6 heteroatoms. The van der Waals surface area contributed by atoms with E-state index in [0.29, 0.717) is 17.5 Å². The topological polar surface area (TPSA) is 61.4 Å². The fraction of sp³-hybridized carbons (Fsp3) is 0.0312. The van der Waals surface area contributed by atoms with Crippen LogP contribution in [0.2, 0.25) is 0 Å². The Kier molecular flexibility index (Phi) is 9.84. The van der Waals surface area contributed by atoms with Crippen molar-refractivity contribution in [1.29, 1.82) is 0 Å². The van der Waals surface area contributed by atoms with Crippen molar-refractivity contribution in [3.63, 3.8) is 0 Å². The molecule has 0 saturated carbocycles. The van der Waals surface area contributed by atoms with E-state index in [9.17, 15) is 0 Å². The number of para-hydroxylation sites is 2. The van der Waals surface area contributed by atoms with Crippen molar-refractivity contribution in [2.75, 3.05) is 0 Å². The second-order valence-corrected chi connectivity index (χ2v) is 18.0. The second kappa shape index (κ2) is 16.8. The molecule has 70 heavy (non-hydrogen) atoms. The molecular weight excluding hydrogens is 853 g/mol. The van der Waals surface area contributed by atoms with Gasteiger partial charge in [0.2, 0.25) is 0 Å². The predicted molar refractivity (Wildman–Crippen MR) is 288 cm³/mol. The van der Waals surface area contributed by atoms with Crippen LogP contribution in [0.1, 0.15) is 11.1 Å². The number of nitrogens with zero attached hydrogens (tertiary/aromatic N) is 6. The Morgan fingerprint density at radius 3 is 1.30 bits per heavy atom. The lowest BCUT2D eigenvalue weighted by molar-refractivity contribution is 1.07. The van der Waals surface area contributed by atoms with Crippen molar-refractivity contribution in [3.05, 3.63) is 242 Å². The lowest BCUT2D eigenvalue weighted by Gasteiger charge is -2.20. The summed E-state index contributed by atoms with van der Waals surface area (Å²) in [5, 5.41) is 4.66. The molecule has 0 aliphatic carbocycles. The zero-order valence-electron chi connectivity index (χ0n) is 38.6. The van der Waals surface area contributed by atoms with Crippen molar-refractivity contribution in [3.8, 4) is 79.0 Å². The Morgan fingerprint density at radius 2 is 0.757 bits per heavy atom. The normalized spacial score (nSPS) is 11.6. The molecule has 330 valence electrons. The smallest absolute Gasteiger partial charge is 0.164 e. The van der Waals surface area contributed by atoms with E-state index in [1.54, 1.807) is 0 Å². The van der Waals surface area contributed by atoms with Gasteiger partial charge in [0.1, 0.15) is 0 Å². The molecule has 0 bridgehead atoms. The first-order valence-corrected chi connectivity index (χ1v) is 23.7. The molecule has 6 nitrogen and oxygen atoms in total. The van der Waals surface area contributed by atoms with Gasteiger partial charge in [-0.25, -0.2) is 15.0 Å². The highest BCUT2D eigenvalue weighted by molar-refractivity contribution is 6.13. The van der Waals surface area contributed by atoms with Crippen LogP contribution in [0.15, 0.2) is 231 Å². The lowest BCUT2D eigenvalue weighted by atomic mass is 9.98. The number of pyridine rings is 1. The largest absolute Gasteiger partial charge is 0.309 e. The average molecular weight is 897 g/mol. The molecule has 0 aliphatic rings. The van der Waals surface area contributed by atoms with E-state index >= 15 is 0 Å². The summed E-state index contributed by atoms with van der Waals surface area (Å²) in [5.41, 5.74) is 17.7. The van der Waals surface area contributed by atoms with Crippen LogP contribution in [0.3, 0.4) is 0 Å². The molecule has 13 aromatic rings. The Hall–Kier alpha value is -9.26. The van der Waals surface area contributed by atoms with Gasteiger partial charge in [0.25, 0.3) is 0 Å². The third-order valence-corrected chi connectivity index (χ3v) is 13.6. The Bertz CT molecular complexity index is 4060.